The van der Waals surface area contributed by atoms with Crippen LogP contribution in [0.5, 0.6) is 5.75 Å². The van der Waals surface area contributed by atoms with Crippen LogP contribution in [0.1, 0.15) is 69.2 Å². The van der Waals surface area contributed by atoms with Crippen molar-refractivity contribution in [1.29, 1.82) is 0 Å². The number of benzene rings is 10. The highest BCUT2D eigenvalue weighted by atomic mass is 35.5. The van der Waals surface area contributed by atoms with Crippen molar-refractivity contribution in [1.82, 2.24) is 52.7 Å². The Labute approximate surface area is 857 Å². The van der Waals surface area contributed by atoms with Crippen molar-refractivity contribution in [2.75, 3.05) is 44.3 Å². The van der Waals surface area contributed by atoms with Gasteiger partial charge in [-0.05, 0) is 162 Å². The number of oxime groups is 1. The van der Waals surface area contributed by atoms with Crippen molar-refractivity contribution >= 4 is 203 Å². The molecule has 0 radical (unpaired) electrons. The molecule has 5 atom stereocenters. The van der Waals surface area contributed by atoms with Gasteiger partial charge in [-0.25, -0.2) is 24.9 Å². The standard InChI is InChI=1S/C26H28Cl2N4O4.C19H18Cl2N2S.C18H13Cl4N3O.C18H15Cl3N2O.C18H15Cl3N2S/c1-19(33)31-10-12-32(13-11-31)21-3-5-22(6-4-21)34-15-23-16-35-26(36-23,17-30-9-8-29-18-30)24-7-2-20(27)14-25(24)28;20-17-7-4-8-18(21)19(17)24-16(13-23-12-11-22-14-23)10-9-15-5-2-1-3-6-15;19-13-2-1-12(16(21)7-13)10-26-24-18(9-25-6-5-23-11-25)15-4-3-14(20)8-17(15)22;2*19-14-3-1-13(2-4-14)11-24-18(10-23-8-7-22-12-23)16-6-5-15(20)9-17(16)21/h2-9,14,18,23H,10-13,15-17H2,1H3;1-8,11-12,14,16H,9-10,13H2;1-8,11H,9-10H2;2*1-9,12,18H,10-11H2/b;;24-18-;;/t23-,26-;;;;/m1..../s1. The third-order valence-electron chi connectivity index (χ3n) is 21.1. The first-order chi connectivity index (χ1) is 64.9. The molecule has 10 aromatic carbocycles. The van der Waals surface area contributed by atoms with E-state index < -0.39 is 5.79 Å². The molecule has 0 N–H and O–H groups in total. The topological polar surface area (TPSA) is 171 Å². The molecule has 5 aromatic heterocycles. The molecule has 0 bridgehead atoms. The predicted octanol–water partition coefficient (Wildman–Crippen LogP) is 28.6. The van der Waals surface area contributed by atoms with E-state index in [1.807, 2.05) is 201 Å². The number of amides is 1. The van der Waals surface area contributed by atoms with E-state index in [9.17, 15) is 4.79 Å². The van der Waals surface area contributed by atoms with Gasteiger partial charge in [-0.2, -0.15) is 0 Å². The lowest BCUT2D eigenvalue weighted by Gasteiger charge is -2.35. The van der Waals surface area contributed by atoms with Crippen LogP contribution in [0, 0.1) is 0 Å². The van der Waals surface area contributed by atoms with E-state index in [0.29, 0.717) is 121 Å². The van der Waals surface area contributed by atoms with Crippen LogP contribution in [-0.4, -0.2) is 115 Å². The van der Waals surface area contributed by atoms with Gasteiger partial charge < -0.3 is 56.4 Å². The lowest BCUT2D eigenvalue weighted by molar-refractivity contribution is -0.189. The number of hydrogen-bond acceptors (Lipinski definition) is 15. The fourth-order valence-electron chi connectivity index (χ4n) is 14.1. The second-order valence-corrected chi connectivity index (χ2v) is 39.1. The molecule has 134 heavy (non-hydrogen) atoms. The van der Waals surface area contributed by atoms with Crippen molar-refractivity contribution in [3.05, 3.63) is 421 Å². The largest absolute Gasteiger partial charge is 0.491 e. The number of nitrogens with zero attached hydrogens (tertiary/aromatic N) is 13. The molecule has 7 heterocycles. The van der Waals surface area contributed by atoms with E-state index in [-0.39, 0.29) is 30.0 Å². The summed E-state index contributed by atoms with van der Waals surface area (Å²) in [5.41, 5.74) is 9.55. The van der Waals surface area contributed by atoms with Crippen LogP contribution < -0.4 is 9.64 Å². The first-order valence-electron chi connectivity index (χ1n) is 42.0. The summed E-state index contributed by atoms with van der Waals surface area (Å²) in [4.78, 5) is 42.7. The van der Waals surface area contributed by atoms with Crippen LogP contribution in [0.4, 0.5) is 5.69 Å². The number of ether oxygens (including phenoxy) is 4. The Morgan fingerprint density at radius 3 is 1.57 bits per heavy atom. The zero-order valence-electron chi connectivity index (χ0n) is 71.9. The second-order valence-electron chi connectivity index (χ2n) is 30.6. The maximum absolute atomic E-state index is 11.6. The van der Waals surface area contributed by atoms with Crippen LogP contribution >= 0.6 is 186 Å². The number of halogens is 14. The Morgan fingerprint density at radius 1 is 0.485 bits per heavy atom. The zero-order valence-corrected chi connectivity index (χ0v) is 84.1. The number of aryl methyl sites for hydroxylation is 1. The Morgan fingerprint density at radius 2 is 1.01 bits per heavy atom. The highest BCUT2D eigenvalue weighted by Crippen LogP contribution is 2.44. The summed E-state index contributed by atoms with van der Waals surface area (Å²) in [6, 6.07) is 66.5. The van der Waals surface area contributed by atoms with E-state index in [0.717, 1.165) is 107 Å². The molecule has 2 saturated heterocycles. The monoisotopic (exact) mass is 2110 g/mol. The number of hydrogen-bond donors (Lipinski definition) is 0. The summed E-state index contributed by atoms with van der Waals surface area (Å²) in [5.74, 6) is 0.669. The van der Waals surface area contributed by atoms with Gasteiger partial charge in [0.1, 0.15) is 36.9 Å². The maximum atomic E-state index is 11.6. The quantitative estimate of drug-likeness (QED) is 0.0221. The SMILES string of the molecule is CC(=O)N1CCN(c2ccc(OC[C@@H]3CO[C@@](Cn4ccnc4)(c4ccc(Cl)cc4Cl)O3)cc2)CC1.Clc1ccc(CO/N=C(/Cn2ccnc2)c2ccc(Cl)cc2Cl)c(Cl)c1.Clc1ccc(COC(Cn2ccnc2)c2ccc(Cl)cc2Cl)cc1.Clc1ccc(CSC(Cn2ccnc2)c2ccc(Cl)cc2Cl)cc1.Clc1cccc(Cl)c1SC(CCc1ccccc1)Cn1ccnc1. The molecule has 0 aliphatic carbocycles. The van der Waals surface area contributed by atoms with Crippen molar-refractivity contribution in [2.24, 2.45) is 5.16 Å². The Kier molecular flexibility index (Phi) is 40.1. The number of aromatic nitrogens is 10. The molecule has 2 fully saturated rings. The van der Waals surface area contributed by atoms with E-state index in [1.54, 1.807) is 129 Å². The van der Waals surface area contributed by atoms with Crippen molar-refractivity contribution < 1.29 is 28.6 Å². The Hall–Kier alpha value is -8.57. The van der Waals surface area contributed by atoms with Crippen LogP contribution in [0.15, 0.2) is 316 Å². The van der Waals surface area contributed by atoms with Gasteiger partial charge in [0.2, 0.25) is 11.7 Å². The molecule has 1 amide bonds. The number of rotatable bonds is 32. The predicted molar refractivity (Wildman–Crippen MR) is 549 cm³/mol. The fraction of sp³-hybridized carbons (Fsp3) is 0.222. The van der Waals surface area contributed by atoms with Crippen molar-refractivity contribution in [3.63, 3.8) is 0 Å². The Balaban J connectivity index is 0.000000144. The molecule has 0 saturated carbocycles. The van der Waals surface area contributed by atoms with Gasteiger partial charge >= 0.3 is 0 Å². The summed E-state index contributed by atoms with van der Waals surface area (Å²) in [6.07, 6.45) is 28.6. The highest BCUT2D eigenvalue weighted by molar-refractivity contribution is 8.00. The number of anilines is 1. The van der Waals surface area contributed by atoms with Gasteiger partial charge in [0.15, 0.2) is 0 Å². The fourth-order valence-corrected chi connectivity index (χ4v) is 20.2. The molecule has 2 aliphatic heterocycles. The lowest BCUT2D eigenvalue weighted by Crippen LogP contribution is -2.48. The summed E-state index contributed by atoms with van der Waals surface area (Å²) in [5, 5.41) is 13.4. The van der Waals surface area contributed by atoms with Gasteiger partial charge in [-0.15, -0.1) is 23.5 Å². The van der Waals surface area contributed by atoms with Crippen LogP contribution in [0.25, 0.3) is 0 Å². The average molecular weight is 2120 g/mol. The number of imidazole rings is 5. The smallest absolute Gasteiger partial charge is 0.219 e. The minimum Gasteiger partial charge on any atom is -0.491 e. The van der Waals surface area contributed by atoms with Gasteiger partial charge in [-0.3, -0.25) is 4.79 Å². The van der Waals surface area contributed by atoms with E-state index >= 15 is 0 Å². The molecule has 696 valence electrons. The third kappa shape index (κ3) is 31.7. The summed E-state index contributed by atoms with van der Waals surface area (Å²) in [6.45, 7) is 9.17. The highest BCUT2D eigenvalue weighted by Gasteiger charge is 2.45. The number of carbonyl (C=O) groups is 1. The Bertz CT molecular complexity index is 6030. The van der Waals surface area contributed by atoms with Crippen LogP contribution in [0.3, 0.4) is 0 Å². The number of piperazine rings is 1. The van der Waals surface area contributed by atoms with Gasteiger partial charge in [0.05, 0.1) is 84.6 Å². The zero-order chi connectivity index (χ0) is 94.3. The summed E-state index contributed by atoms with van der Waals surface area (Å²) in [7, 11) is 0. The molecular weight excluding hydrogens is 2030 g/mol. The summed E-state index contributed by atoms with van der Waals surface area (Å²) < 4.78 is 34.7. The molecule has 35 heteroatoms. The first-order valence-corrected chi connectivity index (χ1v) is 49.3. The van der Waals surface area contributed by atoms with Crippen LogP contribution in [0.2, 0.25) is 70.3 Å². The van der Waals surface area contributed by atoms with E-state index in [2.05, 4.69) is 68.4 Å². The van der Waals surface area contributed by atoms with E-state index in [4.69, 9.17) is 186 Å². The minimum atomic E-state index is -1.08. The van der Waals surface area contributed by atoms with Gasteiger partial charge in [-0.1, -0.05) is 252 Å². The number of carbonyl (C=O) groups excluding carboxylic acids is 1. The molecular formula is C99H89Cl14N13O6S2. The van der Waals surface area contributed by atoms with Crippen LogP contribution in [-0.2, 0) is 87.7 Å². The lowest BCUT2D eigenvalue weighted by atomic mass is 10.1. The van der Waals surface area contributed by atoms with E-state index in [1.165, 1.54) is 11.1 Å². The maximum Gasteiger partial charge on any atom is 0.219 e. The molecule has 2 aliphatic rings. The molecule has 19 nitrogen and oxygen atoms in total. The molecule has 3 unspecified atom stereocenters. The first kappa shape index (κ1) is 103. The number of thioether (sulfide) groups is 2. The minimum absolute atomic E-state index is 0.129. The van der Waals surface area contributed by atoms with Crippen molar-refractivity contribution in [2.45, 2.75) is 105 Å². The molecule has 17 rings (SSSR count). The average Bonchev–Trinajstić information content (AvgIpc) is 1.60. The normalized spacial score (nSPS) is 14.8. The molecule has 15 aromatic rings. The molecule has 0 spiro atoms. The third-order valence-corrected chi connectivity index (χ3v) is 27.9. The van der Waals surface area contributed by atoms with Gasteiger partial charge in [0.25, 0.3) is 0 Å². The second kappa shape index (κ2) is 52.3. The van der Waals surface area contributed by atoms with Crippen molar-refractivity contribution in [3.8, 4) is 5.75 Å². The summed E-state index contributed by atoms with van der Waals surface area (Å²) >= 11 is 90.0. The van der Waals surface area contributed by atoms with Gasteiger partial charge in [0, 0.05) is 207 Å².